The van der Waals surface area contributed by atoms with Crippen LogP contribution in [0.25, 0.3) is 0 Å². The molecule has 0 amide bonds. The van der Waals surface area contributed by atoms with Gasteiger partial charge < -0.3 is 5.32 Å². The Morgan fingerprint density at radius 2 is 1.82 bits per heavy atom. The molecule has 0 bridgehead atoms. The molecule has 0 heterocycles. The summed E-state index contributed by atoms with van der Waals surface area (Å²) in [5.74, 6) is 0. The van der Waals surface area contributed by atoms with E-state index in [1.54, 1.807) is 0 Å². The first-order valence-electron chi connectivity index (χ1n) is 5.04. The minimum atomic E-state index is 0.724. The maximum absolute atomic E-state index is 3.49. The van der Waals surface area contributed by atoms with Gasteiger partial charge in [0.15, 0.2) is 0 Å². The van der Waals surface area contributed by atoms with E-state index in [-0.39, 0.29) is 0 Å². The van der Waals surface area contributed by atoms with E-state index in [1.807, 2.05) is 0 Å². The Bertz CT molecular complexity index is 71.3. The molecule has 1 N–H and O–H groups in total. The highest BCUT2D eigenvalue weighted by Crippen LogP contribution is 2.02. The maximum atomic E-state index is 3.49. The van der Waals surface area contributed by atoms with Crippen molar-refractivity contribution in [2.24, 2.45) is 0 Å². The van der Waals surface area contributed by atoms with Crippen LogP contribution < -0.4 is 5.32 Å². The summed E-state index contributed by atoms with van der Waals surface area (Å²) in [5, 5.41) is 3.49. The van der Waals surface area contributed by atoms with E-state index < -0.39 is 0 Å². The van der Waals surface area contributed by atoms with Gasteiger partial charge in [0.1, 0.15) is 0 Å². The smallest absolute Gasteiger partial charge is 0.00387 e. The average Bonchev–Trinajstić information content (AvgIpc) is 2.01. The zero-order valence-electron chi connectivity index (χ0n) is 8.32. The molecule has 1 atom stereocenters. The van der Waals surface area contributed by atoms with Crippen molar-refractivity contribution in [1.82, 2.24) is 5.32 Å². The van der Waals surface area contributed by atoms with Crippen LogP contribution in [0.3, 0.4) is 0 Å². The second-order valence-electron chi connectivity index (χ2n) is 3.35. The summed E-state index contributed by atoms with van der Waals surface area (Å²) in [6.45, 7) is 7.93. The third-order valence-electron chi connectivity index (χ3n) is 1.98. The molecule has 0 saturated carbocycles. The summed E-state index contributed by atoms with van der Waals surface area (Å²) < 4.78 is 0. The summed E-state index contributed by atoms with van der Waals surface area (Å²) in [7, 11) is 0. The Labute approximate surface area is 71.6 Å². The molecule has 11 heavy (non-hydrogen) atoms. The Morgan fingerprint density at radius 3 is 2.36 bits per heavy atom. The van der Waals surface area contributed by atoms with Gasteiger partial charge in [-0.3, -0.25) is 0 Å². The van der Waals surface area contributed by atoms with Gasteiger partial charge in [0.2, 0.25) is 0 Å². The molecule has 1 heteroatoms. The summed E-state index contributed by atoms with van der Waals surface area (Å²) in [6, 6.07) is 0.724. The SMILES string of the molecule is CCCCCC(C)NCCC. The lowest BCUT2D eigenvalue weighted by atomic mass is 10.1. The third kappa shape index (κ3) is 7.86. The minimum absolute atomic E-state index is 0.724. The highest BCUT2D eigenvalue weighted by Gasteiger charge is 1.97. The molecular formula is C10H23N. The van der Waals surface area contributed by atoms with Crippen LogP contribution in [-0.2, 0) is 0 Å². The van der Waals surface area contributed by atoms with Crippen molar-refractivity contribution in [3.63, 3.8) is 0 Å². The van der Waals surface area contributed by atoms with Crippen LogP contribution in [0, 0.1) is 0 Å². The molecule has 0 aliphatic heterocycles. The van der Waals surface area contributed by atoms with Crippen molar-refractivity contribution in [1.29, 1.82) is 0 Å². The van der Waals surface area contributed by atoms with Gasteiger partial charge in [-0.2, -0.15) is 0 Å². The largest absolute Gasteiger partial charge is 0.314 e. The minimum Gasteiger partial charge on any atom is -0.314 e. The maximum Gasteiger partial charge on any atom is 0.00387 e. The molecule has 0 radical (unpaired) electrons. The predicted molar refractivity (Wildman–Crippen MR) is 51.9 cm³/mol. The molecule has 0 aromatic rings. The average molecular weight is 157 g/mol. The van der Waals surface area contributed by atoms with Crippen LogP contribution in [0.1, 0.15) is 52.9 Å². The van der Waals surface area contributed by atoms with Crippen molar-refractivity contribution in [3.05, 3.63) is 0 Å². The van der Waals surface area contributed by atoms with E-state index in [9.17, 15) is 0 Å². The van der Waals surface area contributed by atoms with Gasteiger partial charge in [-0.15, -0.1) is 0 Å². The van der Waals surface area contributed by atoms with Gasteiger partial charge >= 0.3 is 0 Å². The zero-order chi connectivity index (χ0) is 8.53. The Kier molecular flexibility index (Phi) is 8.03. The van der Waals surface area contributed by atoms with Gasteiger partial charge in [0, 0.05) is 6.04 Å². The number of rotatable bonds is 7. The normalized spacial score (nSPS) is 13.4. The highest BCUT2D eigenvalue weighted by atomic mass is 14.9. The fourth-order valence-electron chi connectivity index (χ4n) is 1.19. The van der Waals surface area contributed by atoms with Gasteiger partial charge in [-0.05, 0) is 26.3 Å². The molecule has 68 valence electrons. The van der Waals surface area contributed by atoms with E-state index >= 15 is 0 Å². The van der Waals surface area contributed by atoms with Gasteiger partial charge in [-0.25, -0.2) is 0 Å². The summed E-state index contributed by atoms with van der Waals surface area (Å²) in [5.41, 5.74) is 0. The molecule has 1 unspecified atom stereocenters. The summed E-state index contributed by atoms with van der Waals surface area (Å²) in [6.07, 6.45) is 6.69. The van der Waals surface area contributed by atoms with Crippen molar-refractivity contribution in [2.75, 3.05) is 6.54 Å². The standard InChI is InChI=1S/C10H23N/c1-4-6-7-8-10(3)11-9-5-2/h10-11H,4-9H2,1-3H3. The lowest BCUT2D eigenvalue weighted by Crippen LogP contribution is -2.26. The van der Waals surface area contributed by atoms with E-state index in [2.05, 4.69) is 26.1 Å². The van der Waals surface area contributed by atoms with E-state index in [0.717, 1.165) is 6.04 Å². The van der Waals surface area contributed by atoms with Crippen molar-refractivity contribution in [3.8, 4) is 0 Å². The van der Waals surface area contributed by atoms with Crippen LogP contribution >= 0.6 is 0 Å². The van der Waals surface area contributed by atoms with E-state index in [4.69, 9.17) is 0 Å². The molecule has 0 fully saturated rings. The molecular weight excluding hydrogens is 134 g/mol. The zero-order valence-corrected chi connectivity index (χ0v) is 8.32. The third-order valence-corrected chi connectivity index (χ3v) is 1.98. The lowest BCUT2D eigenvalue weighted by molar-refractivity contribution is 0.488. The van der Waals surface area contributed by atoms with Crippen LogP contribution in [0.5, 0.6) is 0 Å². The van der Waals surface area contributed by atoms with Crippen LogP contribution in [0.15, 0.2) is 0 Å². The van der Waals surface area contributed by atoms with Gasteiger partial charge in [-0.1, -0.05) is 33.1 Å². The fraction of sp³-hybridized carbons (Fsp3) is 1.00. The second kappa shape index (κ2) is 8.06. The number of nitrogens with one attached hydrogen (secondary N) is 1. The molecule has 0 spiro atoms. The van der Waals surface area contributed by atoms with Crippen LogP contribution in [0.2, 0.25) is 0 Å². The first-order valence-corrected chi connectivity index (χ1v) is 5.04. The van der Waals surface area contributed by atoms with E-state index in [1.165, 1.54) is 38.6 Å². The molecule has 1 nitrogen and oxygen atoms in total. The topological polar surface area (TPSA) is 12.0 Å². The first kappa shape index (κ1) is 11.0. The van der Waals surface area contributed by atoms with Gasteiger partial charge in [0.25, 0.3) is 0 Å². The molecule has 0 aromatic heterocycles. The molecule has 0 aliphatic rings. The molecule has 0 rings (SSSR count). The Balaban J connectivity index is 3.02. The second-order valence-corrected chi connectivity index (χ2v) is 3.35. The molecule has 0 saturated heterocycles. The summed E-state index contributed by atoms with van der Waals surface area (Å²) in [4.78, 5) is 0. The monoisotopic (exact) mass is 157 g/mol. The molecule has 0 aliphatic carbocycles. The lowest BCUT2D eigenvalue weighted by Gasteiger charge is -2.11. The summed E-state index contributed by atoms with van der Waals surface area (Å²) >= 11 is 0. The van der Waals surface area contributed by atoms with Crippen molar-refractivity contribution in [2.45, 2.75) is 58.9 Å². The van der Waals surface area contributed by atoms with Crippen LogP contribution in [0.4, 0.5) is 0 Å². The predicted octanol–water partition coefficient (Wildman–Crippen LogP) is 2.95. The molecule has 0 aromatic carbocycles. The quantitative estimate of drug-likeness (QED) is 0.560. The number of hydrogen-bond acceptors (Lipinski definition) is 1. The highest BCUT2D eigenvalue weighted by molar-refractivity contribution is 4.59. The fourth-order valence-corrected chi connectivity index (χ4v) is 1.19. The Hall–Kier alpha value is -0.0400. The first-order chi connectivity index (χ1) is 5.31. The number of unbranched alkanes of at least 4 members (excludes halogenated alkanes) is 2. The Morgan fingerprint density at radius 1 is 1.09 bits per heavy atom. The van der Waals surface area contributed by atoms with Gasteiger partial charge in [0.05, 0.1) is 0 Å². The van der Waals surface area contributed by atoms with E-state index in [0.29, 0.717) is 0 Å². The van der Waals surface area contributed by atoms with Crippen molar-refractivity contribution >= 4 is 0 Å². The van der Waals surface area contributed by atoms with Crippen LogP contribution in [-0.4, -0.2) is 12.6 Å². The number of hydrogen-bond donors (Lipinski definition) is 1. The van der Waals surface area contributed by atoms with Crippen molar-refractivity contribution < 1.29 is 0 Å².